The highest BCUT2D eigenvalue weighted by atomic mass is 16.5. The molecule has 2 rings (SSSR count). The van der Waals surface area contributed by atoms with Crippen molar-refractivity contribution in [3.05, 3.63) is 0 Å². The van der Waals surface area contributed by atoms with Gasteiger partial charge in [0.15, 0.2) is 0 Å². The van der Waals surface area contributed by atoms with Gasteiger partial charge in [-0.2, -0.15) is 0 Å². The summed E-state index contributed by atoms with van der Waals surface area (Å²) in [5.41, 5.74) is 0. The molecule has 0 aromatic rings. The highest BCUT2D eigenvalue weighted by Gasteiger charge is 2.28. The molecule has 4 heteroatoms. The highest BCUT2D eigenvalue weighted by Crippen LogP contribution is 2.23. The van der Waals surface area contributed by atoms with E-state index in [4.69, 9.17) is 4.74 Å². The zero-order valence-electron chi connectivity index (χ0n) is 12.4. The van der Waals surface area contributed by atoms with Crippen LogP contribution in [0.2, 0.25) is 0 Å². The van der Waals surface area contributed by atoms with E-state index in [1.54, 1.807) is 0 Å². The van der Waals surface area contributed by atoms with Gasteiger partial charge in [-0.3, -0.25) is 4.79 Å². The molecule has 1 saturated carbocycles. The van der Waals surface area contributed by atoms with E-state index in [2.05, 4.69) is 17.3 Å². The third-order valence-corrected chi connectivity index (χ3v) is 4.48. The van der Waals surface area contributed by atoms with Gasteiger partial charge in [-0.25, -0.2) is 0 Å². The average molecular weight is 268 g/mol. The van der Waals surface area contributed by atoms with Crippen molar-refractivity contribution >= 4 is 5.97 Å². The predicted octanol–water partition coefficient (Wildman–Crippen LogP) is 1.79. The second kappa shape index (κ2) is 7.25. The molecule has 1 saturated heterocycles. The van der Waals surface area contributed by atoms with Gasteiger partial charge >= 0.3 is 5.97 Å². The van der Waals surface area contributed by atoms with Crippen LogP contribution >= 0.6 is 0 Å². The number of nitrogens with zero attached hydrogens (tertiary/aromatic N) is 1. The van der Waals surface area contributed by atoms with Gasteiger partial charge in [0.2, 0.25) is 0 Å². The summed E-state index contributed by atoms with van der Waals surface area (Å²) < 4.78 is 4.80. The number of esters is 1. The molecule has 0 aromatic carbocycles. The summed E-state index contributed by atoms with van der Waals surface area (Å²) in [5, 5.41) is 3.82. The second-order valence-electron chi connectivity index (χ2n) is 6.30. The first-order chi connectivity index (χ1) is 9.17. The Morgan fingerprint density at radius 1 is 1.21 bits per heavy atom. The lowest BCUT2D eigenvalue weighted by Gasteiger charge is -2.38. The van der Waals surface area contributed by atoms with Crippen molar-refractivity contribution in [1.82, 2.24) is 10.2 Å². The number of likely N-dealkylation sites (N-methyl/N-ethyl adjacent to an activating group) is 1. The number of carbonyl (C=O) groups is 1. The first kappa shape index (κ1) is 14.8. The Bertz CT molecular complexity index is 290. The zero-order valence-corrected chi connectivity index (χ0v) is 12.4. The summed E-state index contributed by atoms with van der Waals surface area (Å²) in [4.78, 5) is 13.8. The largest absolute Gasteiger partial charge is 0.469 e. The van der Waals surface area contributed by atoms with Crippen LogP contribution in [0.3, 0.4) is 0 Å². The van der Waals surface area contributed by atoms with Gasteiger partial charge in [-0.15, -0.1) is 0 Å². The van der Waals surface area contributed by atoms with E-state index in [9.17, 15) is 4.79 Å². The third-order valence-electron chi connectivity index (χ3n) is 4.48. The van der Waals surface area contributed by atoms with Crippen LogP contribution in [0.15, 0.2) is 0 Å². The number of methoxy groups -OCH3 is 1. The van der Waals surface area contributed by atoms with Crippen molar-refractivity contribution in [2.24, 2.45) is 5.92 Å². The minimum Gasteiger partial charge on any atom is -0.469 e. The standard InChI is InChI=1S/C15H28N2O2/c1-17-10-12(9-15(18)19-2)8-14(11-17)16-13-6-4-3-5-7-13/h12-14,16H,3-11H2,1-2H3. The van der Waals surface area contributed by atoms with E-state index >= 15 is 0 Å². The van der Waals surface area contributed by atoms with Crippen LogP contribution in [0.1, 0.15) is 44.9 Å². The zero-order chi connectivity index (χ0) is 13.7. The maximum atomic E-state index is 11.4. The number of likely N-dealkylation sites (tertiary alicyclic amines) is 1. The average Bonchev–Trinajstić information content (AvgIpc) is 2.39. The summed E-state index contributed by atoms with van der Waals surface area (Å²) in [6.07, 6.45) is 8.44. The van der Waals surface area contributed by atoms with Crippen LogP contribution < -0.4 is 5.32 Å². The quantitative estimate of drug-likeness (QED) is 0.789. The normalized spacial score (nSPS) is 30.2. The van der Waals surface area contributed by atoms with E-state index in [0.29, 0.717) is 24.4 Å². The summed E-state index contributed by atoms with van der Waals surface area (Å²) in [6, 6.07) is 1.24. The lowest BCUT2D eigenvalue weighted by Crippen LogP contribution is -2.51. The number of hydrogen-bond donors (Lipinski definition) is 1. The van der Waals surface area contributed by atoms with E-state index in [-0.39, 0.29) is 5.97 Å². The molecule has 19 heavy (non-hydrogen) atoms. The van der Waals surface area contributed by atoms with Gasteiger partial charge in [-0.05, 0) is 32.2 Å². The monoisotopic (exact) mass is 268 g/mol. The maximum absolute atomic E-state index is 11.4. The SMILES string of the molecule is COC(=O)CC1CC(NC2CCCCC2)CN(C)C1. The van der Waals surface area contributed by atoms with E-state index in [0.717, 1.165) is 19.5 Å². The molecule has 110 valence electrons. The third kappa shape index (κ3) is 4.77. The molecule has 1 heterocycles. The molecule has 0 aromatic heterocycles. The fourth-order valence-corrected chi connectivity index (χ4v) is 3.63. The molecule has 1 aliphatic carbocycles. The Hall–Kier alpha value is -0.610. The second-order valence-corrected chi connectivity index (χ2v) is 6.30. The number of rotatable bonds is 4. The van der Waals surface area contributed by atoms with E-state index in [1.165, 1.54) is 39.2 Å². The smallest absolute Gasteiger partial charge is 0.305 e. The molecule has 2 atom stereocenters. The number of ether oxygens (including phenoxy) is 1. The number of hydrogen-bond acceptors (Lipinski definition) is 4. The summed E-state index contributed by atoms with van der Waals surface area (Å²) in [7, 11) is 3.63. The first-order valence-corrected chi connectivity index (χ1v) is 7.68. The lowest BCUT2D eigenvalue weighted by molar-refractivity contribution is -0.142. The number of piperidine rings is 1. The van der Waals surface area contributed by atoms with E-state index in [1.807, 2.05) is 0 Å². The molecular weight excluding hydrogens is 240 g/mol. The maximum Gasteiger partial charge on any atom is 0.305 e. The molecule has 2 fully saturated rings. The minimum absolute atomic E-state index is 0.0725. The van der Waals surface area contributed by atoms with Crippen molar-refractivity contribution < 1.29 is 9.53 Å². The van der Waals surface area contributed by atoms with Gasteiger partial charge < -0.3 is 15.0 Å². The van der Waals surface area contributed by atoms with Crippen molar-refractivity contribution in [2.75, 3.05) is 27.2 Å². The number of carbonyl (C=O) groups excluding carboxylic acids is 1. The van der Waals surface area contributed by atoms with Crippen LogP contribution in [-0.2, 0) is 9.53 Å². The summed E-state index contributed by atoms with van der Waals surface area (Å²) >= 11 is 0. The molecule has 1 aliphatic heterocycles. The van der Waals surface area contributed by atoms with Crippen molar-refractivity contribution in [1.29, 1.82) is 0 Å². The Balaban J connectivity index is 1.81. The minimum atomic E-state index is -0.0725. The van der Waals surface area contributed by atoms with Crippen LogP contribution in [0.4, 0.5) is 0 Å². The van der Waals surface area contributed by atoms with Crippen molar-refractivity contribution in [3.63, 3.8) is 0 Å². The predicted molar refractivity (Wildman–Crippen MR) is 76.0 cm³/mol. The van der Waals surface area contributed by atoms with Crippen LogP contribution in [-0.4, -0.2) is 50.2 Å². The Morgan fingerprint density at radius 2 is 1.95 bits per heavy atom. The van der Waals surface area contributed by atoms with Crippen LogP contribution in [0.25, 0.3) is 0 Å². The number of nitrogens with one attached hydrogen (secondary N) is 1. The van der Waals surface area contributed by atoms with Crippen LogP contribution in [0.5, 0.6) is 0 Å². The topological polar surface area (TPSA) is 41.6 Å². The molecule has 2 aliphatic rings. The molecule has 0 spiro atoms. The van der Waals surface area contributed by atoms with Gasteiger partial charge in [-0.1, -0.05) is 19.3 Å². The highest BCUT2D eigenvalue weighted by molar-refractivity contribution is 5.69. The summed E-state index contributed by atoms with van der Waals surface area (Å²) in [6.45, 7) is 2.12. The van der Waals surface area contributed by atoms with Crippen molar-refractivity contribution in [2.45, 2.75) is 57.0 Å². The fraction of sp³-hybridized carbons (Fsp3) is 0.933. The van der Waals surface area contributed by atoms with Crippen LogP contribution in [0, 0.1) is 5.92 Å². The molecule has 0 bridgehead atoms. The lowest BCUT2D eigenvalue weighted by atomic mass is 9.89. The van der Waals surface area contributed by atoms with Gasteiger partial charge in [0.25, 0.3) is 0 Å². The van der Waals surface area contributed by atoms with E-state index < -0.39 is 0 Å². The molecule has 4 nitrogen and oxygen atoms in total. The first-order valence-electron chi connectivity index (χ1n) is 7.68. The summed E-state index contributed by atoms with van der Waals surface area (Å²) in [5.74, 6) is 0.365. The molecular formula is C15H28N2O2. The molecule has 1 N–H and O–H groups in total. The molecule has 2 unspecified atom stereocenters. The van der Waals surface area contributed by atoms with Gasteiger partial charge in [0.1, 0.15) is 0 Å². The Morgan fingerprint density at radius 3 is 2.63 bits per heavy atom. The fourth-order valence-electron chi connectivity index (χ4n) is 3.63. The van der Waals surface area contributed by atoms with Gasteiger partial charge in [0, 0.05) is 31.6 Å². The Kier molecular flexibility index (Phi) is 5.64. The molecule has 0 radical (unpaired) electrons. The Labute approximate surface area is 116 Å². The van der Waals surface area contributed by atoms with Crippen molar-refractivity contribution in [3.8, 4) is 0 Å². The van der Waals surface area contributed by atoms with Gasteiger partial charge in [0.05, 0.1) is 7.11 Å². The molecule has 0 amide bonds.